The fourth-order valence-electron chi connectivity index (χ4n) is 1.39. The van der Waals surface area contributed by atoms with Crippen LogP contribution in [0.4, 0.5) is 0 Å². The molecule has 0 unspecified atom stereocenters. The molecule has 0 bridgehead atoms. The van der Waals surface area contributed by atoms with Crippen LogP contribution in [0.5, 0.6) is 0 Å². The summed E-state index contributed by atoms with van der Waals surface area (Å²) in [6, 6.07) is 3.58. The molecule has 0 saturated carbocycles. The van der Waals surface area contributed by atoms with Gasteiger partial charge in [-0.05, 0) is 12.1 Å². The molecule has 0 amide bonds. The van der Waals surface area contributed by atoms with Crippen LogP contribution < -0.4 is 10.9 Å². The van der Waals surface area contributed by atoms with Gasteiger partial charge in [0.1, 0.15) is 0 Å². The summed E-state index contributed by atoms with van der Waals surface area (Å²) in [5.41, 5.74) is 6.56. The van der Waals surface area contributed by atoms with Crippen molar-refractivity contribution < 1.29 is 4.79 Å². The van der Waals surface area contributed by atoms with Gasteiger partial charge in [-0.1, -0.05) is 0 Å². The molecule has 4 heteroatoms. The number of aromatic nitrogens is 1. The summed E-state index contributed by atoms with van der Waals surface area (Å²) in [6.07, 6.45) is 3.28. The minimum Gasteiger partial charge on any atom is -0.294 e. The van der Waals surface area contributed by atoms with E-state index in [4.69, 9.17) is 0 Å². The highest BCUT2D eigenvalue weighted by atomic mass is 16.1. The van der Waals surface area contributed by atoms with Crippen molar-refractivity contribution in [2.45, 2.75) is 0 Å². The average molecular weight is 177 g/mol. The van der Waals surface area contributed by atoms with E-state index < -0.39 is 0 Å². The number of nitrogens with one attached hydrogen (secondary N) is 2. The fraction of sp³-hybridized carbons (Fsp3) is 0.333. The summed E-state index contributed by atoms with van der Waals surface area (Å²) in [5.74, 6) is 0.204. The zero-order valence-electron chi connectivity index (χ0n) is 7.16. The molecule has 68 valence electrons. The first-order chi connectivity index (χ1) is 6.38. The number of Topliss-reactive ketones (excluding diaryl/α,β-unsaturated/α-hetero) is 1. The average Bonchev–Trinajstić information content (AvgIpc) is 2.71. The predicted molar refractivity (Wildman–Crippen MR) is 48.1 cm³/mol. The molecule has 1 saturated heterocycles. The second-order valence-electron chi connectivity index (χ2n) is 3.06. The van der Waals surface area contributed by atoms with E-state index in [1.54, 1.807) is 24.5 Å². The number of pyridine rings is 1. The molecule has 0 atom stereocenters. The number of ketones is 1. The van der Waals surface area contributed by atoms with Crippen LogP contribution >= 0.6 is 0 Å². The van der Waals surface area contributed by atoms with Crippen LogP contribution in [0.1, 0.15) is 10.4 Å². The monoisotopic (exact) mass is 177 g/mol. The molecule has 2 rings (SSSR count). The van der Waals surface area contributed by atoms with Crippen molar-refractivity contribution in [3.8, 4) is 0 Å². The molecule has 1 aliphatic rings. The third-order valence-corrected chi connectivity index (χ3v) is 2.14. The summed E-state index contributed by atoms with van der Waals surface area (Å²) in [6.45, 7) is 1.40. The van der Waals surface area contributed by atoms with E-state index in [1.165, 1.54) is 0 Å². The highest BCUT2D eigenvalue weighted by molar-refractivity contribution is 5.98. The van der Waals surface area contributed by atoms with E-state index in [9.17, 15) is 4.79 Å². The van der Waals surface area contributed by atoms with Crippen LogP contribution in [-0.4, -0.2) is 23.9 Å². The topological polar surface area (TPSA) is 54.0 Å². The largest absolute Gasteiger partial charge is 0.294 e. The summed E-state index contributed by atoms with van der Waals surface area (Å²) >= 11 is 0. The maximum absolute atomic E-state index is 11.7. The Balaban J connectivity index is 2.13. The maximum atomic E-state index is 11.7. The van der Waals surface area contributed by atoms with Crippen molar-refractivity contribution in [1.82, 2.24) is 15.8 Å². The highest BCUT2D eigenvalue weighted by Gasteiger charge is 2.23. The van der Waals surface area contributed by atoms with Crippen molar-refractivity contribution >= 4 is 5.78 Å². The third kappa shape index (κ3) is 1.74. The lowest BCUT2D eigenvalue weighted by Crippen LogP contribution is -2.21. The second-order valence-corrected chi connectivity index (χ2v) is 3.06. The number of rotatable bonds is 2. The first kappa shape index (κ1) is 8.34. The zero-order chi connectivity index (χ0) is 9.10. The summed E-state index contributed by atoms with van der Waals surface area (Å²) in [4.78, 5) is 15.6. The van der Waals surface area contributed by atoms with Gasteiger partial charge in [0.15, 0.2) is 5.78 Å². The Kier molecular flexibility index (Phi) is 2.33. The molecule has 0 spiro atoms. The Bertz CT molecular complexity index is 293. The van der Waals surface area contributed by atoms with Gasteiger partial charge in [-0.3, -0.25) is 20.6 Å². The lowest BCUT2D eigenvalue weighted by Gasteiger charge is -2.04. The van der Waals surface area contributed by atoms with Crippen molar-refractivity contribution in [2.75, 3.05) is 13.1 Å². The standard InChI is InChI=1S/C9H11N3O/c13-9(8-5-11-12-6-8)7-2-1-3-10-4-7/h1-4,8,11-12H,5-6H2. The molecule has 1 fully saturated rings. The van der Waals surface area contributed by atoms with Gasteiger partial charge < -0.3 is 0 Å². The minimum absolute atomic E-state index is 0.0456. The van der Waals surface area contributed by atoms with E-state index in [0.29, 0.717) is 18.7 Å². The lowest BCUT2D eigenvalue weighted by molar-refractivity contribution is 0.0936. The highest BCUT2D eigenvalue weighted by Crippen LogP contribution is 2.08. The molecule has 0 radical (unpaired) electrons. The molecule has 0 aliphatic carbocycles. The summed E-state index contributed by atoms with van der Waals surface area (Å²) in [7, 11) is 0. The van der Waals surface area contributed by atoms with E-state index in [0.717, 1.165) is 0 Å². The van der Waals surface area contributed by atoms with Gasteiger partial charge in [0.05, 0.1) is 5.92 Å². The van der Waals surface area contributed by atoms with Crippen LogP contribution in [0.3, 0.4) is 0 Å². The van der Waals surface area contributed by atoms with Gasteiger partial charge in [-0.15, -0.1) is 0 Å². The number of carbonyl (C=O) groups is 1. The molecule has 4 nitrogen and oxygen atoms in total. The zero-order valence-corrected chi connectivity index (χ0v) is 7.16. The molecule has 1 aromatic heterocycles. The van der Waals surface area contributed by atoms with E-state index in [-0.39, 0.29) is 11.7 Å². The molecule has 1 aliphatic heterocycles. The van der Waals surface area contributed by atoms with Crippen LogP contribution in [0, 0.1) is 5.92 Å². The van der Waals surface area contributed by atoms with E-state index in [2.05, 4.69) is 15.8 Å². The minimum atomic E-state index is 0.0456. The molecule has 0 aromatic carbocycles. The normalized spacial score (nSPS) is 17.5. The Morgan fingerprint density at radius 3 is 2.85 bits per heavy atom. The van der Waals surface area contributed by atoms with Gasteiger partial charge in [-0.2, -0.15) is 0 Å². The number of carbonyl (C=O) groups excluding carboxylic acids is 1. The number of hydrazine groups is 1. The molecule has 2 N–H and O–H groups in total. The quantitative estimate of drug-likeness (QED) is 0.624. The van der Waals surface area contributed by atoms with Crippen LogP contribution in [0.15, 0.2) is 24.5 Å². The van der Waals surface area contributed by atoms with Crippen molar-refractivity contribution in [3.63, 3.8) is 0 Å². The van der Waals surface area contributed by atoms with E-state index >= 15 is 0 Å². The Labute approximate surface area is 76.3 Å². The smallest absolute Gasteiger partial charge is 0.170 e. The molecular formula is C9H11N3O. The molecule has 2 heterocycles. The Morgan fingerprint density at radius 1 is 1.46 bits per heavy atom. The summed E-state index contributed by atoms with van der Waals surface area (Å²) < 4.78 is 0. The van der Waals surface area contributed by atoms with Crippen LogP contribution in [-0.2, 0) is 0 Å². The number of hydrogen-bond donors (Lipinski definition) is 2. The van der Waals surface area contributed by atoms with Gasteiger partial charge in [0.2, 0.25) is 0 Å². The predicted octanol–water partition coefficient (Wildman–Crippen LogP) is -0.0117. The SMILES string of the molecule is O=C(c1cccnc1)C1CNNC1. The van der Waals surface area contributed by atoms with Gasteiger partial charge in [0.25, 0.3) is 0 Å². The molecular weight excluding hydrogens is 166 g/mol. The third-order valence-electron chi connectivity index (χ3n) is 2.14. The second kappa shape index (κ2) is 3.64. The fourth-order valence-corrected chi connectivity index (χ4v) is 1.39. The lowest BCUT2D eigenvalue weighted by atomic mass is 10.0. The molecule has 13 heavy (non-hydrogen) atoms. The number of nitrogens with zero attached hydrogens (tertiary/aromatic N) is 1. The molecule has 1 aromatic rings. The first-order valence-corrected chi connectivity index (χ1v) is 4.28. The number of hydrogen-bond acceptors (Lipinski definition) is 4. The van der Waals surface area contributed by atoms with Crippen molar-refractivity contribution in [3.05, 3.63) is 30.1 Å². The van der Waals surface area contributed by atoms with E-state index in [1.807, 2.05) is 0 Å². The van der Waals surface area contributed by atoms with Gasteiger partial charge in [0, 0.05) is 31.0 Å². The first-order valence-electron chi connectivity index (χ1n) is 4.28. The van der Waals surface area contributed by atoms with Crippen LogP contribution in [0.2, 0.25) is 0 Å². The summed E-state index contributed by atoms with van der Waals surface area (Å²) in [5, 5.41) is 0. The van der Waals surface area contributed by atoms with Gasteiger partial charge in [-0.25, -0.2) is 0 Å². The Hall–Kier alpha value is -1.26. The van der Waals surface area contributed by atoms with Crippen LogP contribution in [0.25, 0.3) is 0 Å². The Morgan fingerprint density at radius 2 is 2.23 bits per heavy atom. The van der Waals surface area contributed by atoms with Crippen molar-refractivity contribution in [2.24, 2.45) is 5.92 Å². The van der Waals surface area contributed by atoms with Gasteiger partial charge >= 0.3 is 0 Å². The maximum Gasteiger partial charge on any atom is 0.170 e. The van der Waals surface area contributed by atoms with Crippen molar-refractivity contribution in [1.29, 1.82) is 0 Å².